The summed E-state index contributed by atoms with van der Waals surface area (Å²) in [5.74, 6) is -1.22. The van der Waals surface area contributed by atoms with E-state index in [9.17, 15) is 14.4 Å². The number of hydrogen-bond donors (Lipinski definition) is 3. The van der Waals surface area contributed by atoms with Crippen molar-refractivity contribution < 1.29 is 14.3 Å². The van der Waals surface area contributed by atoms with E-state index in [1.54, 1.807) is 30.3 Å². The third-order valence-electron chi connectivity index (χ3n) is 3.36. The van der Waals surface area contributed by atoms with Crippen LogP contribution in [0.5, 0.6) is 0 Å². The van der Waals surface area contributed by atoms with Gasteiger partial charge in [0.2, 0.25) is 0 Å². The molecule has 0 aliphatic rings. The van der Waals surface area contributed by atoms with Gasteiger partial charge in [-0.15, -0.1) is 0 Å². The monoisotopic (exact) mass is 336 g/mol. The second-order valence-electron chi connectivity index (χ2n) is 5.16. The van der Waals surface area contributed by atoms with E-state index in [0.717, 1.165) is 0 Å². The van der Waals surface area contributed by atoms with Crippen molar-refractivity contribution in [3.63, 3.8) is 0 Å². The van der Waals surface area contributed by atoms with Gasteiger partial charge < -0.3 is 20.0 Å². The van der Waals surface area contributed by atoms with Gasteiger partial charge in [0, 0.05) is 5.69 Å². The maximum absolute atomic E-state index is 11.9. The molecule has 8 heteroatoms. The number of benzene rings is 2. The highest BCUT2D eigenvalue weighted by molar-refractivity contribution is 5.96. The predicted molar refractivity (Wildman–Crippen MR) is 89.0 cm³/mol. The summed E-state index contributed by atoms with van der Waals surface area (Å²) in [6.45, 7) is -0.475. The molecule has 0 fully saturated rings. The number of carbonyl (C=O) groups excluding carboxylic acids is 2. The molecule has 124 valence electrons. The summed E-state index contributed by atoms with van der Waals surface area (Å²) >= 11 is 0. The molecule has 3 aromatic rings. The molecule has 0 spiro atoms. The van der Waals surface area contributed by atoms with Crippen LogP contribution in [0, 0.1) is 11.3 Å². The fourth-order valence-electron chi connectivity index (χ4n) is 2.24. The molecule has 25 heavy (non-hydrogen) atoms. The first-order chi connectivity index (χ1) is 12.0. The number of fused-ring (bicyclic) bond motifs is 1. The summed E-state index contributed by atoms with van der Waals surface area (Å²) in [6, 6.07) is 12.8. The second-order valence-corrected chi connectivity index (χ2v) is 5.16. The SMILES string of the molecule is N#Cc1cccc(C(=O)OCC(=O)Nc2ccc3[nH]c(=O)[nH]c3c2)c1. The normalized spacial score (nSPS) is 10.2. The van der Waals surface area contributed by atoms with Gasteiger partial charge in [0.25, 0.3) is 5.91 Å². The van der Waals surface area contributed by atoms with Crippen LogP contribution in [0.4, 0.5) is 5.69 Å². The van der Waals surface area contributed by atoms with E-state index < -0.39 is 18.5 Å². The molecule has 0 atom stereocenters. The van der Waals surface area contributed by atoms with Crippen LogP contribution in [0.25, 0.3) is 11.0 Å². The first-order valence-corrected chi connectivity index (χ1v) is 7.24. The van der Waals surface area contributed by atoms with Crippen molar-refractivity contribution in [2.24, 2.45) is 0 Å². The van der Waals surface area contributed by atoms with Gasteiger partial charge in [0.1, 0.15) is 0 Å². The van der Waals surface area contributed by atoms with Crippen molar-refractivity contribution in [1.82, 2.24) is 9.97 Å². The predicted octanol–water partition coefficient (Wildman–Crippen LogP) is 1.52. The number of carbonyl (C=O) groups is 2. The molecule has 0 radical (unpaired) electrons. The Morgan fingerprint density at radius 1 is 1.12 bits per heavy atom. The van der Waals surface area contributed by atoms with E-state index in [2.05, 4.69) is 15.3 Å². The van der Waals surface area contributed by atoms with Gasteiger partial charge in [-0.25, -0.2) is 9.59 Å². The molecule has 3 rings (SSSR count). The lowest BCUT2D eigenvalue weighted by Crippen LogP contribution is -2.20. The number of nitrogens with zero attached hydrogens (tertiary/aromatic N) is 1. The Balaban J connectivity index is 1.60. The number of aromatic nitrogens is 2. The topological polar surface area (TPSA) is 128 Å². The molecule has 1 aromatic heterocycles. The minimum Gasteiger partial charge on any atom is -0.452 e. The number of imidazole rings is 1. The molecule has 3 N–H and O–H groups in total. The zero-order chi connectivity index (χ0) is 17.8. The van der Waals surface area contributed by atoms with Crippen molar-refractivity contribution in [2.75, 3.05) is 11.9 Å². The average molecular weight is 336 g/mol. The molecule has 0 aliphatic heterocycles. The van der Waals surface area contributed by atoms with Gasteiger partial charge in [-0.05, 0) is 36.4 Å². The molecular weight excluding hydrogens is 324 g/mol. The quantitative estimate of drug-likeness (QED) is 0.622. The van der Waals surface area contributed by atoms with Crippen LogP contribution >= 0.6 is 0 Å². The maximum Gasteiger partial charge on any atom is 0.338 e. The molecular formula is C17H12N4O4. The second kappa shape index (κ2) is 6.72. The summed E-state index contributed by atoms with van der Waals surface area (Å²) in [5.41, 5.74) is 1.80. The van der Waals surface area contributed by atoms with E-state index in [1.807, 2.05) is 6.07 Å². The number of aromatic amines is 2. The van der Waals surface area contributed by atoms with Crippen LogP contribution in [-0.4, -0.2) is 28.5 Å². The Morgan fingerprint density at radius 3 is 2.72 bits per heavy atom. The van der Waals surface area contributed by atoms with Crippen LogP contribution in [-0.2, 0) is 9.53 Å². The molecule has 0 saturated heterocycles. The van der Waals surface area contributed by atoms with Crippen LogP contribution in [0.15, 0.2) is 47.3 Å². The van der Waals surface area contributed by atoms with Crippen LogP contribution < -0.4 is 11.0 Å². The first-order valence-electron chi connectivity index (χ1n) is 7.24. The highest BCUT2D eigenvalue weighted by Crippen LogP contribution is 2.14. The molecule has 0 bridgehead atoms. The number of amides is 1. The lowest BCUT2D eigenvalue weighted by Gasteiger charge is -2.07. The molecule has 1 heterocycles. The van der Waals surface area contributed by atoms with E-state index >= 15 is 0 Å². The van der Waals surface area contributed by atoms with Crippen molar-refractivity contribution in [3.05, 3.63) is 64.1 Å². The fourth-order valence-corrected chi connectivity index (χ4v) is 2.24. The van der Waals surface area contributed by atoms with E-state index in [1.165, 1.54) is 12.1 Å². The number of anilines is 1. The number of nitrogens with one attached hydrogen (secondary N) is 3. The summed E-state index contributed by atoms with van der Waals surface area (Å²) in [4.78, 5) is 40.2. The number of hydrogen-bond acceptors (Lipinski definition) is 5. The molecule has 8 nitrogen and oxygen atoms in total. The van der Waals surface area contributed by atoms with Crippen molar-refractivity contribution >= 4 is 28.6 Å². The zero-order valence-corrected chi connectivity index (χ0v) is 12.8. The van der Waals surface area contributed by atoms with E-state index in [0.29, 0.717) is 22.3 Å². The van der Waals surface area contributed by atoms with E-state index in [4.69, 9.17) is 10.00 Å². The van der Waals surface area contributed by atoms with Gasteiger partial charge in [-0.1, -0.05) is 6.07 Å². The Kier molecular flexibility index (Phi) is 4.30. The smallest absolute Gasteiger partial charge is 0.338 e. The number of ether oxygens (including phenoxy) is 1. The summed E-state index contributed by atoms with van der Waals surface area (Å²) < 4.78 is 4.93. The van der Waals surface area contributed by atoms with Crippen LogP contribution in [0.3, 0.4) is 0 Å². The minimum absolute atomic E-state index is 0.193. The lowest BCUT2D eigenvalue weighted by molar-refractivity contribution is -0.119. The molecule has 0 aliphatic carbocycles. The number of H-pyrrole nitrogens is 2. The highest BCUT2D eigenvalue weighted by atomic mass is 16.5. The summed E-state index contributed by atoms with van der Waals surface area (Å²) in [7, 11) is 0. The molecule has 0 saturated carbocycles. The largest absolute Gasteiger partial charge is 0.452 e. The average Bonchev–Trinajstić information content (AvgIpc) is 2.99. The van der Waals surface area contributed by atoms with Crippen LogP contribution in [0.1, 0.15) is 15.9 Å². The van der Waals surface area contributed by atoms with Gasteiger partial charge in [-0.3, -0.25) is 4.79 Å². The number of esters is 1. The third kappa shape index (κ3) is 3.73. The highest BCUT2D eigenvalue weighted by Gasteiger charge is 2.11. The fraction of sp³-hybridized carbons (Fsp3) is 0.0588. The van der Waals surface area contributed by atoms with Crippen molar-refractivity contribution in [1.29, 1.82) is 5.26 Å². The third-order valence-corrected chi connectivity index (χ3v) is 3.36. The van der Waals surface area contributed by atoms with Crippen molar-refractivity contribution in [3.8, 4) is 6.07 Å². The Morgan fingerprint density at radius 2 is 1.92 bits per heavy atom. The molecule has 0 unspecified atom stereocenters. The molecule has 1 amide bonds. The van der Waals surface area contributed by atoms with Crippen LogP contribution in [0.2, 0.25) is 0 Å². The molecule has 2 aromatic carbocycles. The summed E-state index contributed by atoms with van der Waals surface area (Å²) in [6.07, 6.45) is 0. The first kappa shape index (κ1) is 16.0. The Bertz CT molecular complexity index is 1060. The minimum atomic E-state index is -0.697. The van der Waals surface area contributed by atoms with Crippen molar-refractivity contribution in [2.45, 2.75) is 0 Å². The number of nitriles is 1. The van der Waals surface area contributed by atoms with Gasteiger partial charge in [0.15, 0.2) is 6.61 Å². The standard InChI is InChI=1S/C17H12N4O4/c18-8-10-2-1-3-11(6-10)16(23)25-9-15(22)19-12-4-5-13-14(7-12)21-17(24)20-13/h1-7H,9H2,(H,19,22)(H2,20,21,24). The van der Waals surface area contributed by atoms with Gasteiger partial charge in [0.05, 0.1) is 28.2 Å². The van der Waals surface area contributed by atoms with Gasteiger partial charge >= 0.3 is 11.7 Å². The lowest BCUT2D eigenvalue weighted by atomic mass is 10.1. The zero-order valence-electron chi connectivity index (χ0n) is 12.8. The Hall–Kier alpha value is -3.86. The van der Waals surface area contributed by atoms with Gasteiger partial charge in [-0.2, -0.15) is 5.26 Å². The van der Waals surface area contributed by atoms with E-state index in [-0.39, 0.29) is 11.3 Å². The number of rotatable bonds is 4. The Labute approximate surface area is 141 Å². The summed E-state index contributed by atoms with van der Waals surface area (Å²) in [5, 5.41) is 11.4. The maximum atomic E-state index is 11.9.